The number of aliphatic hydroxyl groups is 1. The van der Waals surface area contributed by atoms with Crippen LogP contribution in [0, 0.1) is 0 Å². The summed E-state index contributed by atoms with van der Waals surface area (Å²) >= 11 is 0. The van der Waals surface area contributed by atoms with E-state index in [9.17, 15) is 4.79 Å². The standard InChI is InChI=1S/C9H18N2O2/c1-2-8(10-7-12)9(13)11-5-3-4-6-11/h8,10,12H,2-7H2,1H3/t8-/m0/s1. The van der Waals surface area contributed by atoms with Gasteiger partial charge >= 0.3 is 0 Å². The number of nitrogens with one attached hydrogen (secondary N) is 1. The average molecular weight is 186 g/mol. The number of amides is 1. The number of hydrogen-bond donors (Lipinski definition) is 2. The van der Waals surface area contributed by atoms with Crippen LogP contribution >= 0.6 is 0 Å². The number of rotatable bonds is 4. The Morgan fingerprint density at radius 2 is 2.15 bits per heavy atom. The summed E-state index contributed by atoms with van der Waals surface area (Å²) in [6, 6.07) is -0.205. The quantitative estimate of drug-likeness (QED) is 0.604. The van der Waals surface area contributed by atoms with Crippen LogP contribution in [0.3, 0.4) is 0 Å². The minimum atomic E-state index is -0.205. The molecule has 1 aliphatic heterocycles. The fourth-order valence-corrected chi connectivity index (χ4v) is 1.67. The molecule has 0 radical (unpaired) electrons. The molecule has 1 rings (SSSR count). The SMILES string of the molecule is CC[C@H](NCO)C(=O)N1CCCC1. The monoisotopic (exact) mass is 186 g/mol. The number of nitrogens with zero attached hydrogens (tertiary/aromatic N) is 1. The van der Waals surface area contributed by atoms with Gasteiger partial charge in [0.1, 0.15) is 0 Å². The van der Waals surface area contributed by atoms with Gasteiger partial charge < -0.3 is 10.0 Å². The highest BCUT2D eigenvalue weighted by Crippen LogP contribution is 2.09. The van der Waals surface area contributed by atoms with E-state index in [0.717, 1.165) is 32.4 Å². The van der Waals surface area contributed by atoms with Crippen molar-refractivity contribution in [3.8, 4) is 0 Å². The minimum Gasteiger partial charge on any atom is -0.381 e. The Hall–Kier alpha value is -0.610. The highest BCUT2D eigenvalue weighted by molar-refractivity contribution is 5.82. The van der Waals surface area contributed by atoms with Gasteiger partial charge in [-0.1, -0.05) is 6.92 Å². The van der Waals surface area contributed by atoms with Gasteiger partial charge in [-0.05, 0) is 19.3 Å². The van der Waals surface area contributed by atoms with E-state index in [4.69, 9.17) is 5.11 Å². The molecule has 0 aromatic carbocycles. The molecule has 1 fully saturated rings. The summed E-state index contributed by atoms with van der Waals surface area (Å²) in [5.41, 5.74) is 0. The molecular weight excluding hydrogens is 168 g/mol. The van der Waals surface area contributed by atoms with Crippen LogP contribution in [0.1, 0.15) is 26.2 Å². The van der Waals surface area contributed by atoms with E-state index in [1.165, 1.54) is 0 Å². The Morgan fingerprint density at radius 1 is 1.54 bits per heavy atom. The molecule has 0 spiro atoms. The van der Waals surface area contributed by atoms with Crippen LogP contribution < -0.4 is 5.32 Å². The molecule has 0 bridgehead atoms. The van der Waals surface area contributed by atoms with Crippen LogP contribution in [0.15, 0.2) is 0 Å². The number of aliphatic hydroxyl groups excluding tert-OH is 1. The molecule has 4 nitrogen and oxygen atoms in total. The molecule has 1 heterocycles. The zero-order valence-corrected chi connectivity index (χ0v) is 8.12. The highest BCUT2D eigenvalue weighted by atomic mass is 16.3. The lowest BCUT2D eigenvalue weighted by atomic mass is 10.2. The molecule has 13 heavy (non-hydrogen) atoms. The van der Waals surface area contributed by atoms with Crippen molar-refractivity contribution in [1.82, 2.24) is 10.2 Å². The van der Waals surface area contributed by atoms with Crippen molar-refractivity contribution in [3.05, 3.63) is 0 Å². The van der Waals surface area contributed by atoms with Crippen LogP contribution in [-0.2, 0) is 4.79 Å². The average Bonchev–Trinajstić information content (AvgIpc) is 2.65. The Kier molecular flexibility index (Phi) is 4.18. The van der Waals surface area contributed by atoms with Gasteiger partial charge in [-0.25, -0.2) is 0 Å². The molecule has 0 aromatic heterocycles. The van der Waals surface area contributed by atoms with Gasteiger partial charge in [0.2, 0.25) is 5.91 Å². The van der Waals surface area contributed by atoms with Crippen molar-refractivity contribution < 1.29 is 9.90 Å². The zero-order chi connectivity index (χ0) is 9.68. The molecule has 4 heteroatoms. The van der Waals surface area contributed by atoms with Gasteiger partial charge in [0.15, 0.2) is 0 Å². The van der Waals surface area contributed by atoms with Gasteiger partial charge in [0.25, 0.3) is 0 Å². The third-order valence-corrected chi connectivity index (χ3v) is 2.46. The van der Waals surface area contributed by atoms with Crippen LogP contribution in [-0.4, -0.2) is 41.8 Å². The fourth-order valence-electron chi connectivity index (χ4n) is 1.67. The second-order valence-electron chi connectivity index (χ2n) is 3.36. The van der Waals surface area contributed by atoms with E-state index >= 15 is 0 Å². The summed E-state index contributed by atoms with van der Waals surface area (Å²) in [5, 5.41) is 11.5. The maximum Gasteiger partial charge on any atom is 0.239 e. The topological polar surface area (TPSA) is 52.6 Å². The highest BCUT2D eigenvalue weighted by Gasteiger charge is 2.24. The second-order valence-corrected chi connectivity index (χ2v) is 3.36. The first kappa shape index (κ1) is 10.5. The molecule has 0 aromatic rings. The zero-order valence-electron chi connectivity index (χ0n) is 8.12. The molecular formula is C9H18N2O2. The molecule has 1 amide bonds. The van der Waals surface area contributed by atoms with Gasteiger partial charge in [-0.15, -0.1) is 0 Å². The van der Waals surface area contributed by atoms with E-state index in [1.54, 1.807) is 0 Å². The van der Waals surface area contributed by atoms with Gasteiger partial charge in [-0.2, -0.15) is 0 Å². The fraction of sp³-hybridized carbons (Fsp3) is 0.889. The van der Waals surface area contributed by atoms with Crippen LogP contribution in [0.2, 0.25) is 0 Å². The lowest BCUT2D eigenvalue weighted by Crippen LogP contribution is -2.45. The normalized spacial score (nSPS) is 19.1. The molecule has 0 saturated carbocycles. The van der Waals surface area contributed by atoms with E-state index < -0.39 is 0 Å². The number of likely N-dealkylation sites (tertiary alicyclic amines) is 1. The first-order valence-corrected chi connectivity index (χ1v) is 4.92. The third kappa shape index (κ3) is 2.67. The molecule has 0 unspecified atom stereocenters. The summed E-state index contributed by atoms with van der Waals surface area (Å²) in [6.07, 6.45) is 2.96. The maximum atomic E-state index is 11.7. The van der Waals surface area contributed by atoms with E-state index in [2.05, 4.69) is 5.32 Å². The Morgan fingerprint density at radius 3 is 2.62 bits per heavy atom. The Balaban J connectivity index is 2.42. The summed E-state index contributed by atoms with van der Waals surface area (Å²) in [7, 11) is 0. The number of carbonyl (C=O) groups is 1. The summed E-state index contributed by atoms with van der Waals surface area (Å²) < 4.78 is 0. The lowest BCUT2D eigenvalue weighted by molar-refractivity contribution is -0.132. The van der Waals surface area contributed by atoms with Gasteiger partial charge in [0, 0.05) is 13.1 Å². The summed E-state index contributed by atoms with van der Waals surface area (Å²) in [6.45, 7) is 3.57. The van der Waals surface area contributed by atoms with E-state index in [0.29, 0.717) is 0 Å². The Bertz CT molecular complexity index is 167. The first-order valence-electron chi connectivity index (χ1n) is 4.92. The van der Waals surface area contributed by atoms with Crippen molar-refractivity contribution in [1.29, 1.82) is 0 Å². The van der Waals surface area contributed by atoms with Crippen molar-refractivity contribution in [2.45, 2.75) is 32.2 Å². The molecule has 1 aliphatic rings. The van der Waals surface area contributed by atoms with E-state index in [1.807, 2.05) is 11.8 Å². The summed E-state index contributed by atoms with van der Waals surface area (Å²) in [4.78, 5) is 13.6. The van der Waals surface area contributed by atoms with Crippen molar-refractivity contribution >= 4 is 5.91 Å². The van der Waals surface area contributed by atoms with Gasteiger partial charge in [0.05, 0.1) is 12.8 Å². The number of carbonyl (C=O) groups excluding carboxylic acids is 1. The molecule has 2 N–H and O–H groups in total. The predicted molar refractivity (Wildman–Crippen MR) is 50.1 cm³/mol. The van der Waals surface area contributed by atoms with E-state index in [-0.39, 0.29) is 18.7 Å². The van der Waals surface area contributed by atoms with Gasteiger partial charge in [-0.3, -0.25) is 10.1 Å². The van der Waals surface area contributed by atoms with Crippen molar-refractivity contribution in [2.75, 3.05) is 19.8 Å². The predicted octanol–water partition coefficient (Wildman–Crippen LogP) is -0.0732. The minimum absolute atomic E-state index is 0.127. The molecule has 1 atom stereocenters. The number of hydrogen-bond acceptors (Lipinski definition) is 3. The lowest BCUT2D eigenvalue weighted by Gasteiger charge is -2.22. The van der Waals surface area contributed by atoms with Crippen LogP contribution in [0.4, 0.5) is 0 Å². The molecule has 1 saturated heterocycles. The Labute approximate surface area is 78.9 Å². The maximum absolute atomic E-state index is 11.7. The molecule has 76 valence electrons. The van der Waals surface area contributed by atoms with Crippen molar-refractivity contribution in [2.24, 2.45) is 0 Å². The smallest absolute Gasteiger partial charge is 0.239 e. The van der Waals surface area contributed by atoms with Crippen molar-refractivity contribution in [3.63, 3.8) is 0 Å². The van der Waals surface area contributed by atoms with Crippen LogP contribution in [0.5, 0.6) is 0 Å². The second kappa shape index (κ2) is 5.19. The van der Waals surface area contributed by atoms with Crippen LogP contribution in [0.25, 0.3) is 0 Å². The first-order chi connectivity index (χ1) is 6.29. The largest absolute Gasteiger partial charge is 0.381 e. The molecule has 0 aliphatic carbocycles. The third-order valence-electron chi connectivity index (χ3n) is 2.46. The summed E-state index contributed by atoms with van der Waals surface area (Å²) in [5.74, 6) is 0.133.